The molecule has 0 atom stereocenters. The molecule has 0 aliphatic carbocycles. The number of hydrogen-bond acceptors (Lipinski definition) is 0. The molecule has 0 radical (unpaired) electrons. The van der Waals surface area contributed by atoms with Crippen LogP contribution in [0.3, 0.4) is 0 Å². The predicted molar refractivity (Wildman–Crippen MR) is 119 cm³/mol. The van der Waals surface area contributed by atoms with E-state index in [0.717, 1.165) is 24.2 Å². The predicted octanol–water partition coefficient (Wildman–Crippen LogP) is 9.32. The van der Waals surface area contributed by atoms with Gasteiger partial charge in [0.25, 0.3) is 0 Å². The van der Waals surface area contributed by atoms with Crippen LogP contribution in [0.5, 0.6) is 0 Å². The van der Waals surface area contributed by atoms with Crippen LogP contribution in [0.1, 0.15) is 109 Å². The Morgan fingerprint density at radius 2 is 1.25 bits per heavy atom. The van der Waals surface area contributed by atoms with E-state index in [-0.39, 0.29) is 0 Å². The van der Waals surface area contributed by atoms with Crippen molar-refractivity contribution < 1.29 is 0 Å². The molecule has 0 unspecified atom stereocenters. The maximum absolute atomic E-state index is 3.63. The van der Waals surface area contributed by atoms with Crippen molar-refractivity contribution in [1.29, 1.82) is 0 Å². The third kappa shape index (κ3) is 68.4. The van der Waals surface area contributed by atoms with Crippen molar-refractivity contribution >= 4 is 0 Å². The normalized spacial score (nSPS) is 10.6. The molecule has 0 aliphatic rings. The molecule has 0 aromatic heterocycles. The van der Waals surface area contributed by atoms with Gasteiger partial charge in [0.15, 0.2) is 0 Å². The molecule has 0 aromatic rings. The summed E-state index contributed by atoms with van der Waals surface area (Å²) in [6.45, 7) is 30.0. The van der Waals surface area contributed by atoms with Gasteiger partial charge < -0.3 is 0 Å². The fourth-order valence-corrected chi connectivity index (χ4v) is 0.836. The zero-order valence-electron chi connectivity index (χ0n) is 19.5. The summed E-state index contributed by atoms with van der Waals surface area (Å²) in [6, 6.07) is 0. The minimum Gasteiger partial charge on any atom is -0.103 e. The molecule has 0 saturated carbocycles. The fourth-order valence-electron chi connectivity index (χ4n) is 0.836. The number of rotatable bonds is 5. The molecule has 0 bridgehead atoms. The second-order valence-electron chi connectivity index (χ2n) is 8.75. The average molecular weight is 341 g/mol. The van der Waals surface area contributed by atoms with E-state index in [9.17, 15) is 0 Å². The van der Waals surface area contributed by atoms with Gasteiger partial charge in [-0.05, 0) is 42.9 Å². The Balaban J connectivity index is -0.000000112. The molecule has 0 heterocycles. The van der Waals surface area contributed by atoms with Crippen molar-refractivity contribution in [2.45, 2.75) is 109 Å². The first-order chi connectivity index (χ1) is 10.9. The third-order valence-electron chi connectivity index (χ3n) is 3.40. The van der Waals surface area contributed by atoms with Crippen LogP contribution < -0.4 is 0 Å². The van der Waals surface area contributed by atoms with Crippen LogP contribution in [0.15, 0.2) is 24.8 Å². The van der Waals surface area contributed by atoms with Crippen LogP contribution in [0.2, 0.25) is 0 Å². The van der Waals surface area contributed by atoms with Gasteiger partial charge in [0.2, 0.25) is 0 Å². The monoisotopic (exact) mass is 340 g/mol. The molecule has 0 heteroatoms. The lowest BCUT2D eigenvalue weighted by molar-refractivity contribution is 0.398. The summed E-state index contributed by atoms with van der Waals surface area (Å²) in [5, 5.41) is 0. The van der Waals surface area contributed by atoms with Crippen LogP contribution in [0.25, 0.3) is 0 Å². The SMILES string of the molecule is C=CCCC(C)C.CC=CC(C)C.CCC(C)(C)C.CCC(C)C. The van der Waals surface area contributed by atoms with Crippen molar-refractivity contribution in [2.24, 2.45) is 23.2 Å². The quantitative estimate of drug-likeness (QED) is 0.437. The Bertz CT molecular complexity index is 235. The molecular weight excluding hydrogens is 288 g/mol. The third-order valence-corrected chi connectivity index (χ3v) is 3.40. The summed E-state index contributed by atoms with van der Waals surface area (Å²) in [5.41, 5.74) is 0.542. The van der Waals surface area contributed by atoms with E-state index in [2.05, 4.69) is 94.9 Å². The average Bonchev–Trinajstić information content (AvgIpc) is 2.46. The molecule has 0 nitrogen and oxygen atoms in total. The van der Waals surface area contributed by atoms with Crippen LogP contribution in [0, 0.1) is 23.2 Å². The Morgan fingerprint density at radius 3 is 1.29 bits per heavy atom. The van der Waals surface area contributed by atoms with Crippen LogP contribution in [0.4, 0.5) is 0 Å². The molecule has 0 saturated heterocycles. The second-order valence-corrected chi connectivity index (χ2v) is 8.75. The summed E-state index contributed by atoms with van der Waals surface area (Å²) in [6.07, 6.45) is 11.2. The second kappa shape index (κ2) is 22.5. The largest absolute Gasteiger partial charge is 0.103 e. The minimum absolute atomic E-state index is 0.542. The highest BCUT2D eigenvalue weighted by atomic mass is 14.1. The summed E-state index contributed by atoms with van der Waals surface area (Å²) >= 11 is 0. The standard InChI is InChI=1S/C7H14.C6H14.C6H12.C5H12/c1-4-5-6-7(2)3;1-5-6(2,3)4;1-4-5-6(2)3;1-4-5(2)3/h4,7H,1,5-6H2,2-3H3;5H2,1-4H3;4-6H,1-3H3;5H,4H2,1-3H3. The Labute approximate surface area is 157 Å². The first-order valence-corrected chi connectivity index (χ1v) is 10.1. The van der Waals surface area contributed by atoms with E-state index in [1.54, 1.807) is 0 Å². The highest BCUT2D eigenvalue weighted by molar-refractivity contribution is 4.79. The number of allylic oxidation sites excluding steroid dienone is 3. The van der Waals surface area contributed by atoms with E-state index in [4.69, 9.17) is 0 Å². The fraction of sp³-hybridized carbons (Fsp3) is 0.833. The van der Waals surface area contributed by atoms with Gasteiger partial charge in [0.05, 0.1) is 0 Å². The maximum atomic E-state index is 3.63. The lowest BCUT2D eigenvalue weighted by Gasteiger charge is -2.12. The van der Waals surface area contributed by atoms with Gasteiger partial charge in [0.1, 0.15) is 0 Å². The van der Waals surface area contributed by atoms with Crippen LogP contribution in [-0.2, 0) is 0 Å². The topological polar surface area (TPSA) is 0 Å². The van der Waals surface area contributed by atoms with E-state index in [1.165, 1.54) is 19.3 Å². The van der Waals surface area contributed by atoms with Gasteiger partial charge in [-0.1, -0.05) is 107 Å². The van der Waals surface area contributed by atoms with Crippen molar-refractivity contribution in [2.75, 3.05) is 0 Å². The van der Waals surface area contributed by atoms with Gasteiger partial charge >= 0.3 is 0 Å². The smallest absolute Gasteiger partial charge is 0.0291 e. The summed E-state index contributed by atoms with van der Waals surface area (Å²) in [7, 11) is 0. The van der Waals surface area contributed by atoms with Gasteiger partial charge in [-0.25, -0.2) is 0 Å². The number of hydrogen-bond donors (Lipinski definition) is 0. The Morgan fingerprint density at radius 1 is 0.875 bits per heavy atom. The molecule has 148 valence electrons. The van der Waals surface area contributed by atoms with Crippen molar-refractivity contribution in [3.63, 3.8) is 0 Å². The highest BCUT2D eigenvalue weighted by Gasteiger charge is 2.03. The molecule has 0 fully saturated rings. The molecule has 24 heavy (non-hydrogen) atoms. The lowest BCUT2D eigenvalue weighted by Crippen LogP contribution is -2.00. The molecule has 0 spiro atoms. The van der Waals surface area contributed by atoms with Crippen molar-refractivity contribution in [3.8, 4) is 0 Å². The van der Waals surface area contributed by atoms with E-state index < -0.39 is 0 Å². The van der Waals surface area contributed by atoms with Gasteiger partial charge in [-0.2, -0.15) is 0 Å². The van der Waals surface area contributed by atoms with Crippen LogP contribution in [-0.4, -0.2) is 0 Å². The summed E-state index contributed by atoms with van der Waals surface area (Å²) in [5.74, 6) is 2.43. The zero-order valence-corrected chi connectivity index (χ0v) is 19.5. The Kier molecular flexibility index (Phi) is 29.3. The van der Waals surface area contributed by atoms with E-state index >= 15 is 0 Å². The molecule has 0 N–H and O–H groups in total. The molecule has 0 aromatic carbocycles. The highest BCUT2D eigenvalue weighted by Crippen LogP contribution is 2.16. The van der Waals surface area contributed by atoms with E-state index in [0.29, 0.717) is 5.41 Å². The van der Waals surface area contributed by atoms with E-state index in [1.807, 2.05) is 13.0 Å². The van der Waals surface area contributed by atoms with Gasteiger partial charge in [-0.15, -0.1) is 6.58 Å². The van der Waals surface area contributed by atoms with Crippen molar-refractivity contribution in [1.82, 2.24) is 0 Å². The summed E-state index contributed by atoms with van der Waals surface area (Å²) < 4.78 is 0. The first kappa shape index (κ1) is 31.3. The first-order valence-electron chi connectivity index (χ1n) is 10.1. The lowest BCUT2D eigenvalue weighted by atomic mass is 9.94. The van der Waals surface area contributed by atoms with Crippen LogP contribution >= 0.6 is 0 Å². The maximum Gasteiger partial charge on any atom is -0.0291 e. The molecule has 0 aliphatic heterocycles. The Hall–Kier alpha value is -0.520. The molecule has 0 amide bonds. The summed E-state index contributed by atoms with van der Waals surface area (Å²) in [4.78, 5) is 0. The molecular formula is C24H52. The molecule has 0 rings (SSSR count). The van der Waals surface area contributed by atoms with Crippen molar-refractivity contribution in [3.05, 3.63) is 24.8 Å². The zero-order chi connectivity index (χ0) is 20.2. The minimum atomic E-state index is 0.542. The van der Waals surface area contributed by atoms with Gasteiger partial charge in [-0.3, -0.25) is 0 Å². The van der Waals surface area contributed by atoms with Gasteiger partial charge in [0, 0.05) is 0 Å².